The zero-order valence-corrected chi connectivity index (χ0v) is 14.2. The SMILES string of the molecule is COc1cc(/C=C(\C)c2ccccc2)c(OC)c2c1CCCC2. The van der Waals surface area contributed by atoms with Crippen LogP contribution in [0.4, 0.5) is 0 Å². The topological polar surface area (TPSA) is 18.5 Å². The smallest absolute Gasteiger partial charge is 0.129 e. The van der Waals surface area contributed by atoms with Gasteiger partial charge in [0, 0.05) is 16.7 Å². The van der Waals surface area contributed by atoms with Crippen LogP contribution in [-0.4, -0.2) is 14.2 Å². The Morgan fingerprint density at radius 1 is 0.957 bits per heavy atom. The van der Waals surface area contributed by atoms with Crippen molar-refractivity contribution in [3.8, 4) is 11.5 Å². The first-order chi connectivity index (χ1) is 11.2. The highest BCUT2D eigenvalue weighted by Gasteiger charge is 2.21. The Kier molecular flexibility index (Phi) is 4.71. The van der Waals surface area contributed by atoms with E-state index in [4.69, 9.17) is 9.47 Å². The zero-order chi connectivity index (χ0) is 16.2. The first-order valence-corrected chi connectivity index (χ1v) is 8.25. The minimum absolute atomic E-state index is 0.993. The summed E-state index contributed by atoms with van der Waals surface area (Å²) in [7, 11) is 3.53. The summed E-state index contributed by atoms with van der Waals surface area (Å²) >= 11 is 0. The standard InChI is InChI=1S/C21H24O2/c1-15(16-9-5-4-6-10-16)13-17-14-20(22-2)18-11-7-8-12-19(18)21(17)23-3/h4-6,9-10,13-14H,7-8,11-12H2,1-3H3/b15-13+. The lowest BCUT2D eigenvalue weighted by molar-refractivity contribution is 0.388. The van der Waals surface area contributed by atoms with Crippen molar-refractivity contribution in [3.63, 3.8) is 0 Å². The van der Waals surface area contributed by atoms with Gasteiger partial charge in [0.15, 0.2) is 0 Å². The van der Waals surface area contributed by atoms with Crippen molar-refractivity contribution in [3.05, 3.63) is 58.7 Å². The molecule has 0 unspecified atom stereocenters. The third-order valence-electron chi connectivity index (χ3n) is 4.61. The quantitative estimate of drug-likeness (QED) is 0.728. The van der Waals surface area contributed by atoms with Crippen LogP contribution >= 0.6 is 0 Å². The lowest BCUT2D eigenvalue weighted by Crippen LogP contribution is -2.08. The molecular formula is C21H24O2. The van der Waals surface area contributed by atoms with E-state index in [0.717, 1.165) is 29.9 Å². The van der Waals surface area contributed by atoms with Crippen molar-refractivity contribution in [1.82, 2.24) is 0 Å². The Labute approximate surface area is 138 Å². The Bertz CT molecular complexity index is 714. The third-order valence-corrected chi connectivity index (χ3v) is 4.61. The van der Waals surface area contributed by atoms with E-state index in [0.29, 0.717) is 0 Å². The Morgan fingerprint density at radius 3 is 2.30 bits per heavy atom. The van der Waals surface area contributed by atoms with E-state index in [1.165, 1.54) is 35.1 Å². The number of hydrogen-bond donors (Lipinski definition) is 0. The van der Waals surface area contributed by atoms with Crippen molar-refractivity contribution in [2.24, 2.45) is 0 Å². The Balaban J connectivity index is 2.12. The van der Waals surface area contributed by atoms with Crippen molar-refractivity contribution >= 4 is 11.6 Å². The van der Waals surface area contributed by atoms with Gasteiger partial charge in [-0.15, -0.1) is 0 Å². The zero-order valence-electron chi connectivity index (χ0n) is 14.2. The predicted molar refractivity (Wildman–Crippen MR) is 96.2 cm³/mol. The molecular weight excluding hydrogens is 284 g/mol. The molecule has 0 saturated carbocycles. The Hall–Kier alpha value is -2.22. The molecule has 2 aromatic rings. The summed E-state index contributed by atoms with van der Waals surface area (Å²) in [5.41, 5.74) is 6.20. The van der Waals surface area contributed by atoms with Crippen molar-refractivity contribution in [2.75, 3.05) is 14.2 Å². The minimum Gasteiger partial charge on any atom is -0.496 e. The average molecular weight is 308 g/mol. The molecule has 2 heteroatoms. The fourth-order valence-corrected chi connectivity index (χ4v) is 3.44. The predicted octanol–water partition coefficient (Wildman–Crippen LogP) is 5.14. The highest BCUT2D eigenvalue weighted by molar-refractivity contribution is 5.83. The lowest BCUT2D eigenvalue weighted by Gasteiger charge is -2.23. The van der Waals surface area contributed by atoms with Crippen LogP contribution in [0, 0.1) is 0 Å². The molecule has 0 radical (unpaired) electrons. The number of fused-ring (bicyclic) bond motifs is 1. The van der Waals surface area contributed by atoms with E-state index in [-0.39, 0.29) is 0 Å². The van der Waals surface area contributed by atoms with E-state index < -0.39 is 0 Å². The van der Waals surface area contributed by atoms with Crippen molar-refractivity contribution < 1.29 is 9.47 Å². The molecule has 0 bridgehead atoms. The number of ether oxygens (including phenoxy) is 2. The summed E-state index contributed by atoms with van der Waals surface area (Å²) in [5, 5.41) is 0. The molecule has 0 amide bonds. The maximum Gasteiger partial charge on any atom is 0.129 e. The molecule has 1 aliphatic rings. The molecule has 2 nitrogen and oxygen atoms in total. The van der Waals surface area contributed by atoms with E-state index in [1.54, 1.807) is 14.2 Å². The summed E-state index contributed by atoms with van der Waals surface area (Å²) in [5.74, 6) is 2.00. The minimum atomic E-state index is 0.993. The highest BCUT2D eigenvalue weighted by Crippen LogP contribution is 2.40. The number of methoxy groups -OCH3 is 2. The first-order valence-electron chi connectivity index (χ1n) is 8.25. The van der Waals surface area contributed by atoms with Crippen LogP contribution in [0.25, 0.3) is 11.6 Å². The van der Waals surface area contributed by atoms with Gasteiger partial charge in [-0.25, -0.2) is 0 Å². The molecule has 0 spiro atoms. The van der Waals surface area contributed by atoms with Gasteiger partial charge in [0.1, 0.15) is 11.5 Å². The molecule has 3 rings (SSSR count). The molecule has 0 fully saturated rings. The Morgan fingerprint density at radius 2 is 1.65 bits per heavy atom. The van der Waals surface area contributed by atoms with Crippen LogP contribution in [0.2, 0.25) is 0 Å². The van der Waals surface area contributed by atoms with Gasteiger partial charge in [-0.05, 0) is 55.9 Å². The van der Waals surface area contributed by atoms with E-state index in [9.17, 15) is 0 Å². The van der Waals surface area contributed by atoms with Crippen molar-refractivity contribution in [2.45, 2.75) is 32.6 Å². The van der Waals surface area contributed by atoms with E-state index in [2.05, 4.69) is 43.3 Å². The summed E-state index contributed by atoms with van der Waals surface area (Å²) in [6, 6.07) is 12.6. The summed E-state index contributed by atoms with van der Waals surface area (Å²) in [6.45, 7) is 2.14. The van der Waals surface area contributed by atoms with Gasteiger partial charge in [-0.2, -0.15) is 0 Å². The number of rotatable bonds is 4. The highest BCUT2D eigenvalue weighted by atomic mass is 16.5. The molecule has 2 aromatic carbocycles. The monoisotopic (exact) mass is 308 g/mol. The molecule has 0 heterocycles. The maximum absolute atomic E-state index is 5.78. The second-order valence-electron chi connectivity index (χ2n) is 6.06. The van der Waals surface area contributed by atoms with Gasteiger partial charge in [-0.1, -0.05) is 30.3 Å². The van der Waals surface area contributed by atoms with Gasteiger partial charge < -0.3 is 9.47 Å². The van der Waals surface area contributed by atoms with Gasteiger partial charge in [0.05, 0.1) is 14.2 Å². The van der Waals surface area contributed by atoms with Crippen LogP contribution in [0.15, 0.2) is 36.4 Å². The van der Waals surface area contributed by atoms with Gasteiger partial charge in [-0.3, -0.25) is 0 Å². The molecule has 120 valence electrons. The second kappa shape index (κ2) is 6.91. The average Bonchev–Trinajstić information content (AvgIpc) is 2.61. The second-order valence-corrected chi connectivity index (χ2v) is 6.06. The van der Waals surface area contributed by atoms with Gasteiger partial charge in [0.2, 0.25) is 0 Å². The molecule has 0 saturated heterocycles. The molecule has 0 aromatic heterocycles. The van der Waals surface area contributed by atoms with Gasteiger partial charge in [0.25, 0.3) is 0 Å². The van der Waals surface area contributed by atoms with E-state index >= 15 is 0 Å². The molecule has 0 atom stereocenters. The summed E-state index contributed by atoms with van der Waals surface area (Å²) in [6.07, 6.45) is 6.80. The lowest BCUT2D eigenvalue weighted by atomic mass is 9.88. The fourth-order valence-electron chi connectivity index (χ4n) is 3.44. The van der Waals surface area contributed by atoms with Crippen LogP contribution in [0.5, 0.6) is 11.5 Å². The molecule has 0 aliphatic heterocycles. The first kappa shape index (κ1) is 15.7. The number of allylic oxidation sites excluding steroid dienone is 1. The van der Waals surface area contributed by atoms with Crippen LogP contribution in [-0.2, 0) is 12.8 Å². The number of benzene rings is 2. The molecule has 0 N–H and O–H groups in total. The van der Waals surface area contributed by atoms with E-state index in [1.807, 2.05) is 6.07 Å². The van der Waals surface area contributed by atoms with Crippen LogP contribution in [0.1, 0.15) is 42.0 Å². The molecule has 23 heavy (non-hydrogen) atoms. The normalized spacial score (nSPS) is 14.3. The fraction of sp³-hybridized carbons (Fsp3) is 0.333. The summed E-state index contributed by atoms with van der Waals surface area (Å²) in [4.78, 5) is 0. The van der Waals surface area contributed by atoms with Crippen molar-refractivity contribution in [1.29, 1.82) is 0 Å². The van der Waals surface area contributed by atoms with Crippen LogP contribution in [0.3, 0.4) is 0 Å². The largest absolute Gasteiger partial charge is 0.496 e. The number of hydrogen-bond acceptors (Lipinski definition) is 2. The maximum atomic E-state index is 5.78. The third kappa shape index (κ3) is 3.12. The van der Waals surface area contributed by atoms with Crippen LogP contribution < -0.4 is 9.47 Å². The summed E-state index contributed by atoms with van der Waals surface area (Å²) < 4.78 is 11.4. The van der Waals surface area contributed by atoms with Gasteiger partial charge >= 0.3 is 0 Å². The molecule has 1 aliphatic carbocycles.